The number of aliphatic hydroxyl groups excluding tert-OH is 1. The first-order chi connectivity index (χ1) is 4.90. The van der Waals surface area contributed by atoms with Gasteiger partial charge < -0.3 is 14.6 Å². The zero-order chi connectivity index (χ0) is 6.72. The van der Waals surface area contributed by atoms with Gasteiger partial charge in [-0.25, -0.2) is 0 Å². The van der Waals surface area contributed by atoms with Gasteiger partial charge in [0.1, 0.15) is 12.2 Å². The Balaban J connectivity index is 1.85. The van der Waals surface area contributed by atoms with Crippen molar-refractivity contribution in [3.63, 3.8) is 0 Å². The van der Waals surface area contributed by atoms with Gasteiger partial charge in [0.2, 0.25) is 0 Å². The highest BCUT2D eigenvalue weighted by Crippen LogP contribution is 2.50. The van der Waals surface area contributed by atoms with Crippen LogP contribution in [0.25, 0.3) is 0 Å². The third-order valence-corrected chi connectivity index (χ3v) is 2.82. The van der Waals surface area contributed by atoms with Crippen LogP contribution < -0.4 is 0 Å². The average Bonchev–Trinajstić information content (AvgIpc) is 2.58. The molecule has 56 valence electrons. The molecule has 3 saturated heterocycles. The van der Waals surface area contributed by atoms with Crippen LogP contribution in [0.2, 0.25) is 0 Å². The molecule has 3 fully saturated rings. The van der Waals surface area contributed by atoms with Crippen LogP contribution in [0.3, 0.4) is 0 Å². The normalized spacial score (nSPS) is 62.7. The lowest BCUT2D eigenvalue weighted by Crippen LogP contribution is -2.26. The molecule has 0 unspecified atom stereocenters. The summed E-state index contributed by atoms with van der Waals surface area (Å²) in [5.41, 5.74) is 0. The van der Waals surface area contributed by atoms with E-state index in [1.807, 2.05) is 0 Å². The minimum Gasteiger partial charge on any atom is -0.396 e. The van der Waals surface area contributed by atoms with Gasteiger partial charge in [-0.05, 0) is 6.42 Å². The smallest absolute Gasteiger partial charge is 0.113 e. The van der Waals surface area contributed by atoms with Crippen molar-refractivity contribution in [3.8, 4) is 0 Å². The Morgan fingerprint density at radius 2 is 2.10 bits per heavy atom. The minimum absolute atomic E-state index is 0.222. The Labute approximate surface area is 58.9 Å². The van der Waals surface area contributed by atoms with Crippen molar-refractivity contribution in [1.82, 2.24) is 0 Å². The van der Waals surface area contributed by atoms with Gasteiger partial charge in [0.25, 0.3) is 0 Å². The maximum absolute atomic E-state index is 8.89. The maximum Gasteiger partial charge on any atom is 0.113 e. The lowest BCUT2D eigenvalue weighted by molar-refractivity contribution is 0.00587. The molecule has 0 radical (unpaired) electrons. The zero-order valence-corrected chi connectivity index (χ0v) is 5.56. The Kier molecular flexibility index (Phi) is 0.854. The molecule has 0 saturated carbocycles. The predicted molar refractivity (Wildman–Crippen MR) is 32.5 cm³/mol. The van der Waals surface area contributed by atoms with Crippen molar-refractivity contribution in [2.45, 2.75) is 30.8 Å². The maximum atomic E-state index is 8.89. The average molecular weight is 142 g/mol. The van der Waals surface area contributed by atoms with Gasteiger partial charge in [-0.1, -0.05) is 0 Å². The molecule has 3 nitrogen and oxygen atoms in total. The second kappa shape index (κ2) is 1.55. The molecule has 3 rings (SSSR count). The lowest BCUT2D eigenvalue weighted by Gasteiger charge is -2.12. The largest absolute Gasteiger partial charge is 0.396 e. The van der Waals surface area contributed by atoms with E-state index in [4.69, 9.17) is 14.6 Å². The van der Waals surface area contributed by atoms with E-state index in [1.165, 1.54) is 0 Å². The fraction of sp³-hybridized carbons (Fsp3) is 1.00. The third-order valence-electron chi connectivity index (χ3n) is 2.82. The number of hydrogen-bond acceptors (Lipinski definition) is 3. The number of aliphatic hydroxyl groups is 1. The molecule has 3 aliphatic heterocycles. The van der Waals surface area contributed by atoms with Crippen LogP contribution in [0, 0.1) is 5.92 Å². The first-order valence-electron chi connectivity index (χ1n) is 3.82. The quantitative estimate of drug-likeness (QED) is 0.503. The first-order valence-corrected chi connectivity index (χ1v) is 3.82. The molecule has 3 heterocycles. The van der Waals surface area contributed by atoms with Crippen molar-refractivity contribution in [2.75, 3.05) is 6.61 Å². The van der Waals surface area contributed by atoms with Gasteiger partial charge >= 0.3 is 0 Å². The Bertz CT molecular complexity index is 170. The summed E-state index contributed by atoms with van der Waals surface area (Å²) >= 11 is 0. The van der Waals surface area contributed by atoms with E-state index >= 15 is 0 Å². The van der Waals surface area contributed by atoms with Crippen LogP contribution in [0.15, 0.2) is 0 Å². The summed E-state index contributed by atoms with van der Waals surface area (Å²) in [4.78, 5) is 0. The summed E-state index contributed by atoms with van der Waals surface area (Å²) in [7, 11) is 0. The highest BCUT2D eigenvalue weighted by Gasteiger charge is 2.64. The van der Waals surface area contributed by atoms with Gasteiger partial charge in [-0.3, -0.25) is 0 Å². The molecule has 1 N–H and O–H groups in total. The van der Waals surface area contributed by atoms with E-state index in [0.29, 0.717) is 24.2 Å². The van der Waals surface area contributed by atoms with Crippen LogP contribution in [0.4, 0.5) is 0 Å². The highest BCUT2D eigenvalue weighted by molar-refractivity contribution is 5.11. The molecule has 2 bridgehead atoms. The molecule has 0 aromatic carbocycles. The molecule has 3 aliphatic rings. The molecular weight excluding hydrogens is 132 g/mol. The minimum atomic E-state index is 0.222. The van der Waals surface area contributed by atoms with Crippen LogP contribution in [0.1, 0.15) is 6.42 Å². The Morgan fingerprint density at radius 1 is 1.20 bits per heavy atom. The van der Waals surface area contributed by atoms with E-state index < -0.39 is 0 Å². The Morgan fingerprint density at radius 3 is 2.70 bits per heavy atom. The standard InChI is InChI=1S/C7H10O3/c8-2-3-1-4-6-7(10-6)5(3)9-4/h3-8H,1-2H2/t3-,4-,5-,6-,7-/m1/s1. The van der Waals surface area contributed by atoms with Gasteiger partial charge in [0.05, 0.1) is 12.2 Å². The van der Waals surface area contributed by atoms with Gasteiger partial charge in [-0.2, -0.15) is 0 Å². The second-order valence-corrected chi connectivity index (χ2v) is 3.38. The summed E-state index contributed by atoms with van der Waals surface area (Å²) < 4.78 is 10.9. The van der Waals surface area contributed by atoms with Crippen molar-refractivity contribution < 1.29 is 14.6 Å². The zero-order valence-electron chi connectivity index (χ0n) is 5.56. The van der Waals surface area contributed by atoms with Gasteiger partial charge in [-0.15, -0.1) is 0 Å². The molecule has 0 aromatic heterocycles. The molecule has 0 spiro atoms. The predicted octanol–water partition coefficient (Wildman–Crippen LogP) is -0.467. The van der Waals surface area contributed by atoms with E-state index in [0.717, 1.165) is 6.42 Å². The summed E-state index contributed by atoms with van der Waals surface area (Å²) in [5.74, 6) is 0.355. The molecule has 10 heavy (non-hydrogen) atoms. The monoisotopic (exact) mass is 142 g/mol. The van der Waals surface area contributed by atoms with Crippen LogP contribution in [-0.2, 0) is 9.47 Å². The van der Waals surface area contributed by atoms with Crippen LogP contribution in [-0.4, -0.2) is 36.1 Å². The van der Waals surface area contributed by atoms with Crippen molar-refractivity contribution in [1.29, 1.82) is 0 Å². The van der Waals surface area contributed by atoms with E-state index in [1.54, 1.807) is 0 Å². The summed E-state index contributed by atoms with van der Waals surface area (Å²) in [5, 5.41) is 8.89. The third kappa shape index (κ3) is 0.480. The van der Waals surface area contributed by atoms with Crippen molar-refractivity contribution in [3.05, 3.63) is 0 Å². The second-order valence-electron chi connectivity index (χ2n) is 3.38. The number of epoxide rings is 1. The number of hydrogen-bond donors (Lipinski definition) is 1. The van der Waals surface area contributed by atoms with Gasteiger partial charge in [0.15, 0.2) is 0 Å². The molecule has 0 amide bonds. The van der Waals surface area contributed by atoms with Crippen LogP contribution in [0.5, 0.6) is 0 Å². The van der Waals surface area contributed by atoms with E-state index in [2.05, 4.69) is 0 Å². The fourth-order valence-corrected chi connectivity index (χ4v) is 2.24. The Hall–Kier alpha value is -0.120. The lowest BCUT2D eigenvalue weighted by atomic mass is 9.90. The summed E-state index contributed by atoms with van der Waals surface area (Å²) in [6.07, 6.45) is 2.28. The number of ether oxygens (including phenoxy) is 2. The summed E-state index contributed by atoms with van der Waals surface area (Å²) in [6.45, 7) is 0.258. The number of rotatable bonds is 1. The highest BCUT2D eigenvalue weighted by atomic mass is 16.7. The van der Waals surface area contributed by atoms with Crippen molar-refractivity contribution >= 4 is 0 Å². The molecule has 3 heteroatoms. The first kappa shape index (κ1) is 5.52. The SMILES string of the molecule is OC[C@H]1C[C@H]2O[C@H]1[C@H]1O[C@@H]12. The van der Waals surface area contributed by atoms with E-state index in [9.17, 15) is 0 Å². The topological polar surface area (TPSA) is 42.0 Å². The fourth-order valence-electron chi connectivity index (χ4n) is 2.24. The van der Waals surface area contributed by atoms with E-state index in [-0.39, 0.29) is 12.7 Å². The molecule has 5 atom stereocenters. The van der Waals surface area contributed by atoms with Crippen LogP contribution >= 0.6 is 0 Å². The number of fused-ring (bicyclic) bond motifs is 5. The molecular formula is C7H10O3. The van der Waals surface area contributed by atoms with Gasteiger partial charge in [0, 0.05) is 12.5 Å². The van der Waals surface area contributed by atoms with Crippen molar-refractivity contribution in [2.24, 2.45) is 5.92 Å². The summed E-state index contributed by atoms with van der Waals surface area (Å²) in [6, 6.07) is 0. The molecule has 0 aromatic rings. The molecule has 0 aliphatic carbocycles.